The van der Waals surface area contributed by atoms with E-state index in [1.54, 1.807) is 0 Å². The second-order valence-electron chi connectivity index (χ2n) is 2.63. The summed E-state index contributed by atoms with van der Waals surface area (Å²) in [5, 5.41) is 3.07. The van der Waals surface area contributed by atoms with E-state index in [9.17, 15) is 0 Å². The standard InChI is InChI=1S/C8H15N3S/c1-9-5-8-6-11(7-10-8)3-4-12-2/h6-7,9H,3-5H2,1-2H3. The number of hydrogen-bond acceptors (Lipinski definition) is 3. The van der Waals surface area contributed by atoms with Crippen molar-refractivity contribution in [2.24, 2.45) is 0 Å². The van der Waals surface area contributed by atoms with Crippen LogP contribution in [0.3, 0.4) is 0 Å². The van der Waals surface area contributed by atoms with Gasteiger partial charge >= 0.3 is 0 Å². The summed E-state index contributed by atoms with van der Waals surface area (Å²) in [6.45, 7) is 1.91. The van der Waals surface area contributed by atoms with Crippen molar-refractivity contribution in [1.82, 2.24) is 14.9 Å². The number of nitrogens with zero attached hydrogens (tertiary/aromatic N) is 2. The maximum absolute atomic E-state index is 4.25. The van der Waals surface area contributed by atoms with Crippen LogP contribution in [0.25, 0.3) is 0 Å². The molecule has 0 fully saturated rings. The van der Waals surface area contributed by atoms with Crippen LogP contribution in [0, 0.1) is 0 Å². The van der Waals surface area contributed by atoms with E-state index >= 15 is 0 Å². The highest BCUT2D eigenvalue weighted by Gasteiger charge is 1.95. The average molecular weight is 185 g/mol. The Labute approximate surface area is 77.6 Å². The van der Waals surface area contributed by atoms with Gasteiger partial charge in [0.2, 0.25) is 0 Å². The maximum atomic E-state index is 4.25. The van der Waals surface area contributed by atoms with E-state index in [1.165, 1.54) is 0 Å². The van der Waals surface area contributed by atoms with Gasteiger partial charge < -0.3 is 9.88 Å². The number of imidazole rings is 1. The highest BCUT2D eigenvalue weighted by Crippen LogP contribution is 1.98. The molecular weight excluding hydrogens is 170 g/mol. The number of aryl methyl sites for hydroxylation is 1. The zero-order valence-electron chi connectivity index (χ0n) is 7.58. The van der Waals surface area contributed by atoms with Crippen LogP contribution in [0.15, 0.2) is 12.5 Å². The van der Waals surface area contributed by atoms with Gasteiger partial charge in [0.1, 0.15) is 0 Å². The second kappa shape index (κ2) is 5.22. The van der Waals surface area contributed by atoms with E-state index in [-0.39, 0.29) is 0 Å². The fourth-order valence-corrected chi connectivity index (χ4v) is 1.39. The predicted octanol–water partition coefficient (Wildman–Crippen LogP) is 0.965. The molecule has 4 heteroatoms. The third-order valence-corrected chi connectivity index (χ3v) is 2.19. The first kappa shape index (κ1) is 9.61. The first-order valence-electron chi connectivity index (χ1n) is 4.01. The van der Waals surface area contributed by atoms with Gasteiger partial charge in [-0.15, -0.1) is 0 Å². The first-order valence-corrected chi connectivity index (χ1v) is 5.40. The van der Waals surface area contributed by atoms with Crippen molar-refractivity contribution in [1.29, 1.82) is 0 Å². The predicted molar refractivity (Wildman–Crippen MR) is 53.4 cm³/mol. The highest BCUT2D eigenvalue weighted by molar-refractivity contribution is 7.98. The minimum Gasteiger partial charge on any atom is -0.336 e. The summed E-state index contributed by atoms with van der Waals surface area (Å²) in [6.07, 6.45) is 6.10. The Bertz CT molecular complexity index is 222. The van der Waals surface area contributed by atoms with Crippen molar-refractivity contribution >= 4 is 11.8 Å². The molecule has 0 saturated heterocycles. The fourth-order valence-electron chi connectivity index (χ4n) is 0.998. The Morgan fingerprint density at radius 1 is 1.67 bits per heavy atom. The molecule has 1 rings (SSSR count). The molecule has 1 aromatic heterocycles. The molecule has 1 N–H and O–H groups in total. The highest BCUT2D eigenvalue weighted by atomic mass is 32.2. The normalized spacial score (nSPS) is 10.5. The molecule has 1 aromatic rings. The van der Waals surface area contributed by atoms with Crippen molar-refractivity contribution in [2.45, 2.75) is 13.1 Å². The summed E-state index contributed by atoms with van der Waals surface area (Å²) < 4.78 is 2.13. The molecule has 68 valence electrons. The van der Waals surface area contributed by atoms with Crippen LogP contribution in [-0.2, 0) is 13.1 Å². The third-order valence-electron chi connectivity index (χ3n) is 1.60. The van der Waals surface area contributed by atoms with E-state index in [0.29, 0.717) is 0 Å². The van der Waals surface area contributed by atoms with Crippen molar-refractivity contribution in [2.75, 3.05) is 19.1 Å². The number of rotatable bonds is 5. The van der Waals surface area contributed by atoms with Crippen LogP contribution < -0.4 is 5.32 Å². The molecule has 0 spiro atoms. The molecule has 0 aromatic carbocycles. The van der Waals surface area contributed by atoms with Gasteiger partial charge in [-0.05, 0) is 13.3 Å². The SMILES string of the molecule is CNCc1cn(CCSC)cn1. The molecular formula is C8H15N3S. The van der Waals surface area contributed by atoms with Crippen LogP contribution >= 0.6 is 11.8 Å². The minimum absolute atomic E-state index is 0.853. The lowest BCUT2D eigenvalue weighted by Crippen LogP contribution is -2.05. The summed E-state index contributed by atoms with van der Waals surface area (Å²) in [5.41, 5.74) is 1.11. The number of thioether (sulfide) groups is 1. The number of nitrogens with one attached hydrogen (secondary N) is 1. The van der Waals surface area contributed by atoms with Crippen molar-refractivity contribution in [3.05, 3.63) is 18.2 Å². The van der Waals surface area contributed by atoms with Crippen LogP contribution in [-0.4, -0.2) is 28.6 Å². The smallest absolute Gasteiger partial charge is 0.0950 e. The monoisotopic (exact) mass is 185 g/mol. The average Bonchev–Trinajstić information content (AvgIpc) is 2.50. The summed E-state index contributed by atoms with van der Waals surface area (Å²) in [6, 6.07) is 0. The largest absolute Gasteiger partial charge is 0.336 e. The lowest BCUT2D eigenvalue weighted by molar-refractivity contribution is 0.764. The Balaban J connectivity index is 2.41. The van der Waals surface area contributed by atoms with Crippen LogP contribution in [0.2, 0.25) is 0 Å². The Hall–Kier alpha value is -0.480. The summed E-state index contributed by atoms with van der Waals surface area (Å²) in [5.74, 6) is 1.15. The summed E-state index contributed by atoms with van der Waals surface area (Å²) in [4.78, 5) is 4.25. The molecule has 0 atom stereocenters. The molecule has 0 radical (unpaired) electrons. The topological polar surface area (TPSA) is 29.9 Å². The number of hydrogen-bond donors (Lipinski definition) is 1. The van der Waals surface area contributed by atoms with E-state index < -0.39 is 0 Å². The molecule has 3 nitrogen and oxygen atoms in total. The molecule has 12 heavy (non-hydrogen) atoms. The van der Waals surface area contributed by atoms with Gasteiger partial charge in [0.05, 0.1) is 12.0 Å². The van der Waals surface area contributed by atoms with Gasteiger partial charge in [-0.1, -0.05) is 0 Å². The van der Waals surface area contributed by atoms with Crippen LogP contribution in [0.5, 0.6) is 0 Å². The van der Waals surface area contributed by atoms with Gasteiger partial charge in [-0.2, -0.15) is 11.8 Å². The minimum atomic E-state index is 0.853. The van der Waals surface area contributed by atoms with Crippen molar-refractivity contribution < 1.29 is 0 Å². The molecule has 0 amide bonds. The number of aromatic nitrogens is 2. The molecule has 1 heterocycles. The maximum Gasteiger partial charge on any atom is 0.0950 e. The van der Waals surface area contributed by atoms with Gasteiger partial charge in [0.15, 0.2) is 0 Å². The van der Waals surface area contributed by atoms with E-state index in [4.69, 9.17) is 0 Å². The Morgan fingerprint density at radius 3 is 3.17 bits per heavy atom. The zero-order chi connectivity index (χ0) is 8.81. The van der Waals surface area contributed by atoms with Gasteiger partial charge in [-0.3, -0.25) is 0 Å². The molecule has 0 saturated carbocycles. The third kappa shape index (κ3) is 2.87. The molecule has 0 aliphatic heterocycles. The molecule has 0 aliphatic carbocycles. The lowest BCUT2D eigenvalue weighted by Gasteiger charge is -1.97. The van der Waals surface area contributed by atoms with E-state index in [1.807, 2.05) is 25.1 Å². The summed E-state index contributed by atoms with van der Waals surface area (Å²) in [7, 11) is 1.93. The van der Waals surface area contributed by atoms with Gasteiger partial charge in [0, 0.05) is 25.0 Å². The molecule has 0 unspecified atom stereocenters. The summed E-state index contributed by atoms with van der Waals surface area (Å²) >= 11 is 1.85. The fraction of sp³-hybridized carbons (Fsp3) is 0.625. The van der Waals surface area contributed by atoms with Crippen LogP contribution in [0.1, 0.15) is 5.69 Å². The van der Waals surface area contributed by atoms with Crippen LogP contribution in [0.4, 0.5) is 0 Å². The quantitative estimate of drug-likeness (QED) is 0.741. The van der Waals surface area contributed by atoms with E-state index in [2.05, 4.69) is 27.3 Å². The van der Waals surface area contributed by atoms with Gasteiger partial charge in [0.25, 0.3) is 0 Å². The van der Waals surface area contributed by atoms with E-state index in [0.717, 1.165) is 24.5 Å². The Kier molecular flexibility index (Phi) is 4.18. The molecule has 0 aliphatic rings. The van der Waals surface area contributed by atoms with Gasteiger partial charge in [-0.25, -0.2) is 4.98 Å². The lowest BCUT2D eigenvalue weighted by atomic mass is 10.5. The first-order chi connectivity index (χ1) is 5.86. The van der Waals surface area contributed by atoms with Crippen molar-refractivity contribution in [3.8, 4) is 0 Å². The second-order valence-corrected chi connectivity index (χ2v) is 3.61. The zero-order valence-corrected chi connectivity index (χ0v) is 8.40. The molecule has 0 bridgehead atoms. The Morgan fingerprint density at radius 2 is 2.50 bits per heavy atom. The van der Waals surface area contributed by atoms with Crippen molar-refractivity contribution in [3.63, 3.8) is 0 Å².